The van der Waals surface area contributed by atoms with Crippen LogP contribution in [0.4, 0.5) is 0 Å². The predicted octanol–water partition coefficient (Wildman–Crippen LogP) is 1.11. The molecule has 0 fully saturated rings. The van der Waals surface area contributed by atoms with Crippen LogP contribution in [0.1, 0.15) is 36.6 Å². The fraction of sp³-hybridized carbons (Fsp3) is 0.600. The molecule has 7 nitrogen and oxygen atoms in total. The molecule has 0 spiro atoms. The smallest absolute Gasteiger partial charge is 0.284 e. The second-order valence-corrected chi connectivity index (χ2v) is 5.28. The van der Waals surface area contributed by atoms with E-state index in [1.807, 2.05) is 0 Å². The molecule has 1 heterocycles. The zero-order valence-corrected chi connectivity index (χ0v) is 13.5. The minimum absolute atomic E-state index is 0.151. The first-order valence-electron chi connectivity index (χ1n) is 7.43. The number of hydrogen-bond acceptors (Lipinski definition) is 4. The first kappa shape index (κ1) is 18.0. The number of carbonyl (C=O) groups is 1. The van der Waals surface area contributed by atoms with Crippen LogP contribution >= 0.6 is 0 Å². The number of hydrogen-bond donors (Lipinski definition) is 3. The lowest BCUT2D eigenvalue weighted by atomic mass is 10.1. The van der Waals surface area contributed by atoms with E-state index in [9.17, 15) is 4.79 Å². The Balaban J connectivity index is 2.20. The van der Waals surface area contributed by atoms with Crippen LogP contribution in [0.2, 0.25) is 0 Å². The highest BCUT2D eigenvalue weighted by atomic mass is 16.5. The molecule has 0 saturated carbocycles. The van der Waals surface area contributed by atoms with Gasteiger partial charge in [-0.2, -0.15) is 0 Å². The van der Waals surface area contributed by atoms with E-state index in [1.54, 1.807) is 19.2 Å². The molecule has 0 bridgehead atoms. The Kier molecular flexibility index (Phi) is 8.06. The first-order chi connectivity index (χ1) is 10.5. The van der Waals surface area contributed by atoms with E-state index < -0.39 is 5.91 Å². The standard InChI is InChI=1S/C15H26N4O3/c1-11(2)6-8-21-9-7-18-15(17-3)19-10-12-4-5-13(22-12)14(16)20/h4-5,11H,6-10H2,1-3H3,(H2,16,20)(H2,17,18,19). The summed E-state index contributed by atoms with van der Waals surface area (Å²) in [6.07, 6.45) is 1.06. The lowest BCUT2D eigenvalue weighted by Gasteiger charge is -2.11. The van der Waals surface area contributed by atoms with E-state index in [4.69, 9.17) is 14.9 Å². The molecule has 7 heteroatoms. The Labute approximate surface area is 131 Å². The number of rotatable bonds is 9. The van der Waals surface area contributed by atoms with E-state index in [2.05, 4.69) is 29.5 Å². The van der Waals surface area contributed by atoms with Gasteiger partial charge in [0, 0.05) is 20.2 Å². The molecule has 0 aliphatic carbocycles. The highest BCUT2D eigenvalue weighted by Crippen LogP contribution is 2.06. The molecule has 0 unspecified atom stereocenters. The van der Waals surface area contributed by atoms with Gasteiger partial charge < -0.3 is 25.5 Å². The highest BCUT2D eigenvalue weighted by molar-refractivity contribution is 5.89. The third kappa shape index (κ3) is 7.12. The SMILES string of the molecule is CN=C(NCCOCCC(C)C)NCc1ccc(C(N)=O)o1. The summed E-state index contributed by atoms with van der Waals surface area (Å²) in [6, 6.07) is 3.26. The molecule has 0 aromatic carbocycles. The van der Waals surface area contributed by atoms with Crippen molar-refractivity contribution in [3.8, 4) is 0 Å². The summed E-state index contributed by atoms with van der Waals surface area (Å²) in [5, 5.41) is 6.22. The third-order valence-corrected chi connectivity index (χ3v) is 2.94. The van der Waals surface area contributed by atoms with Crippen molar-refractivity contribution in [1.29, 1.82) is 0 Å². The van der Waals surface area contributed by atoms with Gasteiger partial charge in [-0.1, -0.05) is 13.8 Å². The van der Waals surface area contributed by atoms with E-state index in [1.165, 1.54) is 0 Å². The number of furan rings is 1. The van der Waals surface area contributed by atoms with Crippen molar-refractivity contribution in [3.63, 3.8) is 0 Å². The number of carbonyl (C=O) groups excluding carboxylic acids is 1. The molecule has 1 rings (SSSR count). The number of nitrogens with two attached hydrogens (primary N) is 1. The van der Waals surface area contributed by atoms with Crippen molar-refractivity contribution in [1.82, 2.24) is 10.6 Å². The van der Waals surface area contributed by atoms with Crippen LogP contribution < -0.4 is 16.4 Å². The molecule has 0 saturated heterocycles. The number of amides is 1. The maximum atomic E-state index is 10.9. The number of ether oxygens (including phenoxy) is 1. The fourth-order valence-corrected chi connectivity index (χ4v) is 1.66. The second-order valence-electron chi connectivity index (χ2n) is 5.28. The zero-order chi connectivity index (χ0) is 16.4. The normalized spacial score (nSPS) is 11.7. The molecule has 0 aliphatic heterocycles. The monoisotopic (exact) mass is 310 g/mol. The minimum atomic E-state index is -0.577. The van der Waals surface area contributed by atoms with Crippen molar-refractivity contribution < 1.29 is 13.9 Å². The molecule has 1 aromatic heterocycles. The molecule has 4 N–H and O–H groups in total. The Morgan fingerprint density at radius 1 is 1.36 bits per heavy atom. The van der Waals surface area contributed by atoms with Crippen LogP contribution in [-0.2, 0) is 11.3 Å². The summed E-state index contributed by atoms with van der Waals surface area (Å²) in [5.74, 6) is 1.49. The van der Waals surface area contributed by atoms with Gasteiger partial charge in [-0.25, -0.2) is 0 Å². The highest BCUT2D eigenvalue weighted by Gasteiger charge is 2.07. The molecular formula is C15H26N4O3. The molecular weight excluding hydrogens is 284 g/mol. The number of nitrogens with one attached hydrogen (secondary N) is 2. The van der Waals surface area contributed by atoms with Gasteiger partial charge in [0.05, 0.1) is 13.2 Å². The summed E-state index contributed by atoms with van der Waals surface area (Å²) in [6.45, 7) is 6.83. The van der Waals surface area contributed by atoms with Gasteiger partial charge in [0.2, 0.25) is 0 Å². The van der Waals surface area contributed by atoms with Gasteiger partial charge in [0.15, 0.2) is 11.7 Å². The number of aliphatic imine (C=N–C) groups is 1. The maximum Gasteiger partial charge on any atom is 0.284 e. The zero-order valence-electron chi connectivity index (χ0n) is 13.5. The Morgan fingerprint density at radius 2 is 2.14 bits per heavy atom. The number of nitrogens with zero attached hydrogens (tertiary/aromatic N) is 1. The Bertz CT molecular complexity index is 483. The molecule has 0 aliphatic rings. The van der Waals surface area contributed by atoms with E-state index in [0.29, 0.717) is 37.3 Å². The molecule has 22 heavy (non-hydrogen) atoms. The van der Waals surface area contributed by atoms with Gasteiger partial charge in [-0.15, -0.1) is 0 Å². The van der Waals surface area contributed by atoms with Gasteiger partial charge in [-0.3, -0.25) is 9.79 Å². The quantitative estimate of drug-likeness (QED) is 0.360. The van der Waals surface area contributed by atoms with Crippen molar-refractivity contribution >= 4 is 11.9 Å². The van der Waals surface area contributed by atoms with Crippen LogP contribution in [0.3, 0.4) is 0 Å². The summed E-state index contributed by atoms with van der Waals surface area (Å²) in [4.78, 5) is 15.0. The van der Waals surface area contributed by atoms with Gasteiger partial charge in [0.1, 0.15) is 5.76 Å². The van der Waals surface area contributed by atoms with Crippen molar-refractivity contribution in [2.45, 2.75) is 26.8 Å². The van der Waals surface area contributed by atoms with Crippen LogP contribution in [-0.4, -0.2) is 38.7 Å². The average molecular weight is 310 g/mol. The topological polar surface area (TPSA) is 102 Å². The molecule has 1 amide bonds. The van der Waals surface area contributed by atoms with E-state index in [-0.39, 0.29) is 5.76 Å². The molecule has 124 valence electrons. The lowest BCUT2D eigenvalue weighted by Crippen LogP contribution is -2.38. The summed E-state index contributed by atoms with van der Waals surface area (Å²) >= 11 is 0. The Hall–Kier alpha value is -2.02. The summed E-state index contributed by atoms with van der Waals surface area (Å²) in [7, 11) is 1.69. The van der Waals surface area contributed by atoms with Crippen molar-refractivity contribution in [3.05, 3.63) is 23.7 Å². The van der Waals surface area contributed by atoms with Crippen LogP contribution in [0.5, 0.6) is 0 Å². The van der Waals surface area contributed by atoms with Crippen molar-refractivity contribution in [2.24, 2.45) is 16.6 Å². The second kappa shape index (κ2) is 9.83. The fourth-order valence-electron chi connectivity index (χ4n) is 1.66. The largest absolute Gasteiger partial charge is 0.454 e. The minimum Gasteiger partial charge on any atom is -0.454 e. The van der Waals surface area contributed by atoms with Gasteiger partial charge in [0.25, 0.3) is 5.91 Å². The van der Waals surface area contributed by atoms with Crippen LogP contribution in [0.25, 0.3) is 0 Å². The van der Waals surface area contributed by atoms with Crippen LogP contribution in [0.15, 0.2) is 21.5 Å². The van der Waals surface area contributed by atoms with E-state index in [0.717, 1.165) is 13.0 Å². The first-order valence-corrected chi connectivity index (χ1v) is 7.43. The maximum absolute atomic E-state index is 10.9. The lowest BCUT2D eigenvalue weighted by molar-refractivity contribution is 0.0972. The van der Waals surface area contributed by atoms with Gasteiger partial charge >= 0.3 is 0 Å². The number of guanidine groups is 1. The van der Waals surface area contributed by atoms with Crippen LogP contribution in [0, 0.1) is 5.92 Å². The average Bonchev–Trinajstić information content (AvgIpc) is 2.94. The summed E-state index contributed by atoms with van der Waals surface area (Å²) in [5.41, 5.74) is 5.13. The Morgan fingerprint density at radius 3 is 2.73 bits per heavy atom. The molecule has 0 atom stereocenters. The van der Waals surface area contributed by atoms with E-state index >= 15 is 0 Å². The summed E-state index contributed by atoms with van der Waals surface area (Å²) < 4.78 is 10.8. The molecule has 0 radical (unpaired) electrons. The van der Waals surface area contributed by atoms with Crippen molar-refractivity contribution in [2.75, 3.05) is 26.8 Å². The molecule has 1 aromatic rings. The third-order valence-electron chi connectivity index (χ3n) is 2.94. The van der Waals surface area contributed by atoms with Gasteiger partial charge in [-0.05, 0) is 24.5 Å². The number of primary amides is 1. The predicted molar refractivity (Wildman–Crippen MR) is 85.7 cm³/mol.